The second-order valence-electron chi connectivity index (χ2n) is 5.16. The summed E-state index contributed by atoms with van der Waals surface area (Å²) >= 11 is 0. The zero-order valence-electron chi connectivity index (χ0n) is 12.4. The van der Waals surface area contributed by atoms with Gasteiger partial charge in [0.1, 0.15) is 5.75 Å². The van der Waals surface area contributed by atoms with E-state index in [2.05, 4.69) is 9.72 Å². The quantitative estimate of drug-likeness (QED) is 0.733. The first-order valence-electron chi connectivity index (χ1n) is 7.01. The van der Waals surface area contributed by atoms with Gasteiger partial charge in [0.2, 0.25) is 0 Å². The van der Waals surface area contributed by atoms with Crippen LogP contribution in [-0.2, 0) is 6.54 Å². The van der Waals surface area contributed by atoms with Crippen LogP contribution in [0.5, 0.6) is 5.75 Å². The van der Waals surface area contributed by atoms with Gasteiger partial charge in [-0.2, -0.15) is 8.78 Å². The highest BCUT2D eigenvalue weighted by molar-refractivity contribution is 5.77. The normalized spacial score (nSPS) is 11.2. The molecule has 5 nitrogen and oxygen atoms in total. The van der Waals surface area contributed by atoms with Gasteiger partial charge in [0.25, 0.3) is 5.56 Å². The predicted molar refractivity (Wildman–Crippen MR) is 80.9 cm³/mol. The van der Waals surface area contributed by atoms with Crippen molar-refractivity contribution in [2.75, 3.05) is 0 Å². The standard InChI is InChI=1S/C16H10F4N2O3/c17-11-5-10-13(6-12(11)18)21-16(24)22(14(10)23)7-8-1-3-9(4-2-8)25-15(19)20/h1-6,15H,7H2,(H,21,24). The number of ether oxygens (including phenoxy) is 1. The molecule has 0 saturated heterocycles. The Bertz CT molecular complexity index is 1040. The lowest BCUT2D eigenvalue weighted by Crippen LogP contribution is -2.35. The van der Waals surface area contributed by atoms with Gasteiger partial charge < -0.3 is 9.72 Å². The van der Waals surface area contributed by atoms with Crippen LogP contribution >= 0.6 is 0 Å². The third-order valence-corrected chi connectivity index (χ3v) is 3.51. The summed E-state index contributed by atoms with van der Waals surface area (Å²) in [7, 11) is 0. The Kier molecular flexibility index (Phi) is 4.30. The number of aromatic nitrogens is 2. The lowest BCUT2D eigenvalue weighted by molar-refractivity contribution is -0.0498. The molecular weight excluding hydrogens is 344 g/mol. The molecule has 25 heavy (non-hydrogen) atoms. The topological polar surface area (TPSA) is 64.1 Å². The van der Waals surface area contributed by atoms with Crippen LogP contribution in [0.4, 0.5) is 17.6 Å². The number of aromatic amines is 1. The molecule has 0 amide bonds. The average molecular weight is 354 g/mol. The zero-order chi connectivity index (χ0) is 18.1. The number of rotatable bonds is 4. The van der Waals surface area contributed by atoms with E-state index < -0.39 is 29.5 Å². The summed E-state index contributed by atoms with van der Waals surface area (Å²) in [6, 6.07) is 6.76. The molecule has 0 aliphatic carbocycles. The van der Waals surface area contributed by atoms with Gasteiger partial charge in [0.05, 0.1) is 17.4 Å². The van der Waals surface area contributed by atoms with Crippen molar-refractivity contribution in [3.8, 4) is 5.75 Å². The number of benzene rings is 2. The third kappa shape index (κ3) is 3.39. The smallest absolute Gasteiger partial charge is 0.387 e. The molecule has 3 aromatic rings. The van der Waals surface area contributed by atoms with Crippen LogP contribution in [0.1, 0.15) is 5.56 Å². The minimum Gasteiger partial charge on any atom is -0.435 e. The van der Waals surface area contributed by atoms with Crippen LogP contribution < -0.4 is 16.0 Å². The number of fused-ring (bicyclic) bond motifs is 1. The van der Waals surface area contributed by atoms with Gasteiger partial charge in [-0.3, -0.25) is 9.36 Å². The molecule has 1 aromatic heterocycles. The molecule has 1 N–H and O–H groups in total. The van der Waals surface area contributed by atoms with Crippen LogP contribution in [0.3, 0.4) is 0 Å². The molecular formula is C16H10F4N2O3. The zero-order valence-corrected chi connectivity index (χ0v) is 12.4. The molecule has 2 aromatic carbocycles. The Morgan fingerprint density at radius 1 is 1.04 bits per heavy atom. The van der Waals surface area contributed by atoms with E-state index in [4.69, 9.17) is 0 Å². The first-order valence-corrected chi connectivity index (χ1v) is 7.01. The molecule has 0 bridgehead atoms. The van der Waals surface area contributed by atoms with Gasteiger partial charge in [-0.1, -0.05) is 12.1 Å². The van der Waals surface area contributed by atoms with Crippen molar-refractivity contribution in [3.63, 3.8) is 0 Å². The van der Waals surface area contributed by atoms with Crippen LogP contribution in [0, 0.1) is 11.6 Å². The van der Waals surface area contributed by atoms with E-state index in [1.54, 1.807) is 0 Å². The Morgan fingerprint density at radius 2 is 1.68 bits per heavy atom. The molecule has 0 fully saturated rings. The van der Waals surface area contributed by atoms with Gasteiger partial charge in [0, 0.05) is 6.07 Å². The molecule has 130 valence electrons. The predicted octanol–water partition coefficient (Wildman–Crippen LogP) is 2.62. The van der Waals surface area contributed by atoms with Crippen molar-refractivity contribution in [3.05, 3.63) is 74.4 Å². The van der Waals surface area contributed by atoms with Crippen molar-refractivity contribution < 1.29 is 22.3 Å². The maximum Gasteiger partial charge on any atom is 0.387 e. The monoisotopic (exact) mass is 354 g/mol. The van der Waals surface area contributed by atoms with Gasteiger partial charge in [-0.05, 0) is 23.8 Å². The summed E-state index contributed by atoms with van der Waals surface area (Å²) in [5.74, 6) is -2.47. The fourth-order valence-corrected chi connectivity index (χ4v) is 2.35. The number of nitrogens with zero attached hydrogens (tertiary/aromatic N) is 1. The molecule has 0 radical (unpaired) electrons. The summed E-state index contributed by atoms with van der Waals surface area (Å²) in [5, 5.41) is -0.184. The summed E-state index contributed by atoms with van der Waals surface area (Å²) in [4.78, 5) is 26.7. The average Bonchev–Trinajstić information content (AvgIpc) is 2.55. The number of hydrogen-bond donors (Lipinski definition) is 1. The van der Waals surface area contributed by atoms with Crippen LogP contribution in [0.25, 0.3) is 10.9 Å². The summed E-state index contributed by atoms with van der Waals surface area (Å²) in [6.45, 7) is -3.15. The number of hydrogen-bond acceptors (Lipinski definition) is 3. The summed E-state index contributed by atoms with van der Waals surface area (Å²) in [6.07, 6.45) is 0. The number of H-pyrrole nitrogens is 1. The Morgan fingerprint density at radius 3 is 2.32 bits per heavy atom. The number of halogens is 4. The second kappa shape index (κ2) is 6.42. The van der Waals surface area contributed by atoms with Crippen molar-refractivity contribution >= 4 is 10.9 Å². The maximum atomic E-state index is 13.3. The fourth-order valence-electron chi connectivity index (χ4n) is 2.35. The lowest BCUT2D eigenvalue weighted by atomic mass is 10.2. The molecule has 0 atom stereocenters. The van der Waals surface area contributed by atoms with Crippen molar-refractivity contribution in [2.45, 2.75) is 13.2 Å². The molecule has 0 aliphatic heterocycles. The number of alkyl halides is 2. The molecule has 3 rings (SSSR count). The largest absolute Gasteiger partial charge is 0.435 e. The van der Waals surface area contributed by atoms with Crippen LogP contribution in [0.15, 0.2) is 46.0 Å². The summed E-state index contributed by atoms with van der Waals surface area (Å²) in [5.41, 5.74) is -1.27. The van der Waals surface area contributed by atoms with Gasteiger partial charge >= 0.3 is 12.3 Å². The Hall–Kier alpha value is -3.10. The molecule has 1 heterocycles. The highest BCUT2D eigenvalue weighted by Crippen LogP contribution is 2.16. The minimum absolute atomic E-state index is 0.0731. The van der Waals surface area contributed by atoms with Gasteiger partial charge in [0.15, 0.2) is 11.6 Å². The van der Waals surface area contributed by atoms with E-state index in [1.165, 1.54) is 24.3 Å². The molecule has 0 spiro atoms. The number of nitrogens with one attached hydrogen (secondary N) is 1. The minimum atomic E-state index is -2.97. The first kappa shape index (κ1) is 16.7. The summed E-state index contributed by atoms with van der Waals surface area (Å²) < 4.78 is 55.8. The van der Waals surface area contributed by atoms with E-state index >= 15 is 0 Å². The van der Waals surface area contributed by atoms with E-state index in [9.17, 15) is 27.2 Å². The van der Waals surface area contributed by atoms with Crippen LogP contribution in [0.2, 0.25) is 0 Å². The molecule has 9 heteroatoms. The fraction of sp³-hybridized carbons (Fsp3) is 0.125. The lowest BCUT2D eigenvalue weighted by Gasteiger charge is -2.08. The maximum absolute atomic E-state index is 13.3. The molecule has 0 unspecified atom stereocenters. The van der Waals surface area contributed by atoms with E-state index in [0.29, 0.717) is 11.6 Å². The molecule has 0 aliphatic rings. The van der Waals surface area contributed by atoms with Crippen molar-refractivity contribution in [1.82, 2.24) is 9.55 Å². The molecule has 0 saturated carbocycles. The first-order chi connectivity index (χ1) is 11.8. The highest BCUT2D eigenvalue weighted by Gasteiger charge is 2.12. The third-order valence-electron chi connectivity index (χ3n) is 3.51. The Labute approximate surface area is 137 Å². The van der Waals surface area contributed by atoms with E-state index in [1.807, 2.05) is 0 Å². The van der Waals surface area contributed by atoms with Crippen molar-refractivity contribution in [1.29, 1.82) is 0 Å². The van der Waals surface area contributed by atoms with Gasteiger partial charge in [-0.25, -0.2) is 13.6 Å². The highest BCUT2D eigenvalue weighted by atomic mass is 19.3. The van der Waals surface area contributed by atoms with E-state index in [0.717, 1.165) is 10.6 Å². The van der Waals surface area contributed by atoms with E-state index in [-0.39, 0.29) is 23.2 Å². The SMILES string of the molecule is O=c1[nH]c2cc(F)c(F)cc2c(=O)n1Cc1ccc(OC(F)F)cc1. The second-order valence-corrected chi connectivity index (χ2v) is 5.16. The van der Waals surface area contributed by atoms with Gasteiger partial charge in [-0.15, -0.1) is 0 Å². The van der Waals surface area contributed by atoms with Crippen molar-refractivity contribution in [2.24, 2.45) is 0 Å². The Balaban J connectivity index is 2.00. The van der Waals surface area contributed by atoms with Crippen LogP contribution in [-0.4, -0.2) is 16.2 Å².